The van der Waals surface area contributed by atoms with Crippen molar-refractivity contribution in [2.75, 3.05) is 34.3 Å². The number of benzene rings is 2. The van der Waals surface area contributed by atoms with Crippen molar-refractivity contribution in [2.45, 2.75) is 89.4 Å². The topological polar surface area (TPSA) is 110 Å². The van der Waals surface area contributed by atoms with Crippen LogP contribution in [0.1, 0.15) is 92.1 Å². The van der Waals surface area contributed by atoms with Gasteiger partial charge >= 0.3 is 10.2 Å². The molecule has 0 bridgehead atoms. The van der Waals surface area contributed by atoms with Gasteiger partial charge in [-0.3, -0.25) is 9.59 Å². The van der Waals surface area contributed by atoms with Gasteiger partial charge in [0.2, 0.25) is 5.91 Å². The number of nitrogens with zero attached hydrogens (tertiary/aromatic N) is 3. The molecule has 2 aliphatic carbocycles. The van der Waals surface area contributed by atoms with Crippen LogP contribution in [0.15, 0.2) is 36.4 Å². The van der Waals surface area contributed by atoms with E-state index in [1.165, 1.54) is 44.5 Å². The van der Waals surface area contributed by atoms with E-state index in [1.54, 1.807) is 13.2 Å². The van der Waals surface area contributed by atoms with Crippen LogP contribution in [0.2, 0.25) is 0 Å². The first-order valence-corrected chi connectivity index (χ1v) is 18.4. The summed E-state index contributed by atoms with van der Waals surface area (Å²) in [4.78, 5) is 29.3. The summed E-state index contributed by atoms with van der Waals surface area (Å²) < 4.78 is 42.3. The molecule has 4 atom stereocenters. The van der Waals surface area contributed by atoms with Crippen molar-refractivity contribution in [3.8, 4) is 17.0 Å². The summed E-state index contributed by atoms with van der Waals surface area (Å²) in [5.41, 5.74) is 5.74. The molecule has 7 rings (SSSR count). The number of methoxy groups -OCH3 is 1. The first kappa shape index (κ1) is 32.2. The Morgan fingerprint density at radius 1 is 1.04 bits per heavy atom. The molecule has 2 saturated carbocycles. The summed E-state index contributed by atoms with van der Waals surface area (Å²) >= 11 is 0. The lowest BCUT2D eigenvalue weighted by molar-refractivity contribution is -0.144. The zero-order valence-corrected chi connectivity index (χ0v) is 28.9. The molecule has 1 N–H and O–H groups in total. The van der Waals surface area contributed by atoms with E-state index in [-0.39, 0.29) is 35.0 Å². The van der Waals surface area contributed by atoms with E-state index in [9.17, 15) is 18.0 Å². The van der Waals surface area contributed by atoms with Crippen LogP contribution in [0.5, 0.6) is 5.75 Å². The zero-order chi connectivity index (χ0) is 33.2. The molecule has 2 aromatic carbocycles. The lowest BCUT2D eigenvalue weighted by Gasteiger charge is -2.36. The number of fused-ring (bicyclic) bond motifs is 7. The summed E-state index contributed by atoms with van der Waals surface area (Å²) in [7, 11) is 0.507. The van der Waals surface area contributed by atoms with E-state index in [1.807, 2.05) is 36.9 Å². The molecule has 2 amide bonds. The Morgan fingerprint density at radius 2 is 1.77 bits per heavy atom. The first-order valence-electron chi connectivity index (χ1n) is 16.9. The van der Waals surface area contributed by atoms with Gasteiger partial charge in [-0.25, -0.2) is 4.72 Å². The summed E-state index contributed by atoms with van der Waals surface area (Å²) in [6.45, 7) is 5.85. The van der Waals surface area contributed by atoms with Crippen molar-refractivity contribution in [3.63, 3.8) is 0 Å². The molecular formula is C36H46N4O6S. The minimum absolute atomic E-state index is 0.00625. The van der Waals surface area contributed by atoms with Gasteiger partial charge in [0.25, 0.3) is 5.91 Å². The van der Waals surface area contributed by atoms with Crippen LogP contribution in [0.25, 0.3) is 22.2 Å². The fourth-order valence-corrected chi connectivity index (χ4v) is 9.07. The van der Waals surface area contributed by atoms with Crippen molar-refractivity contribution < 1.29 is 27.5 Å². The number of rotatable bonds is 7. The Labute approximate surface area is 277 Å². The summed E-state index contributed by atoms with van der Waals surface area (Å²) in [6, 6.07) is 11.9. The maximum absolute atomic E-state index is 14.0. The van der Waals surface area contributed by atoms with E-state index in [0.29, 0.717) is 32.0 Å². The van der Waals surface area contributed by atoms with Gasteiger partial charge in [-0.2, -0.15) is 12.7 Å². The predicted octanol–water partition coefficient (Wildman–Crippen LogP) is 5.41. The third-order valence-electron chi connectivity index (χ3n) is 10.9. The average molecular weight is 663 g/mol. The van der Waals surface area contributed by atoms with Crippen LogP contribution in [0.3, 0.4) is 0 Å². The third-order valence-corrected chi connectivity index (χ3v) is 12.3. The van der Waals surface area contributed by atoms with Gasteiger partial charge in [0.05, 0.1) is 25.0 Å². The highest BCUT2D eigenvalue weighted by Crippen LogP contribution is 2.67. The van der Waals surface area contributed by atoms with Crippen LogP contribution in [-0.4, -0.2) is 80.5 Å². The largest absolute Gasteiger partial charge is 0.497 e. The van der Waals surface area contributed by atoms with E-state index in [2.05, 4.69) is 21.4 Å². The lowest BCUT2D eigenvalue weighted by Crippen LogP contribution is -2.48. The SMILES string of the molecule is COc1ccc2c(c1)C1CC1(CC(=O)N1C[C@@H](C)O[C@@H](C)C1)Cn1c-2c(C2CCCCC2)c2ccc(C(=O)NS(=O)(=O)N(C)C)cc21. The minimum atomic E-state index is -3.96. The number of hydrogen-bond donors (Lipinski definition) is 1. The molecule has 4 aliphatic rings. The van der Waals surface area contributed by atoms with Crippen molar-refractivity contribution in [3.05, 3.63) is 53.1 Å². The van der Waals surface area contributed by atoms with E-state index in [4.69, 9.17) is 9.47 Å². The van der Waals surface area contributed by atoms with Crippen molar-refractivity contribution in [2.24, 2.45) is 5.41 Å². The van der Waals surface area contributed by atoms with Gasteiger partial charge < -0.3 is 18.9 Å². The number of nitrogens with one attached hydrogen (secondary N) is 1. The smallest absolute Gasteiger partial charge is 0.303 e. The van der Waals surface area contributed by atoms with Crippen LogP contribution in [-0.2, 0) is 26.3 Å². The van der Waals surface area contributed by atoms with Crippen molar-refractivity contribution in [1.82, 2.24) is 18.5 Å². The summed E-state index contributed by atoms with van der Waals surface area (Å²) in [6.07, 6.45) is 7.07. The zero-order valence-electron chi connectivity index (χ0n) is 28.0. The van der Waals surface area contributed by atoms with Gasteiger partial charge in [0, 0.05) is 67.6 Å². The molecule has 47 heavy (non-hydrogen) atoms. The van der Waals surface area contributed by atoms with Crippen molar-refractivity contribution >= 4 is 32.9 Å². The Balaban J connectivity index is 1.38. The number of hydrogen-bond acceptors (Lipinski definition) is 6. The van der Waals surface area contributed by atoms with Crippen LogP contribution in [0, 0.1) is 5.41 Å². The number of carbonyl (C=O) groups is 2. The Hall–Kier alpha value is -3.41. The lowest BCUT2D eigenvalue weighted by atomic mass is 9.81. The molecule has 10 nitrogen and oxygen atoms in total. The molecule has 3 aromatic rings. The second kappa shape index (κ2) is 11.9. The standard InChI is InChI=1S/C36H46N4O6S/c1-22-19-39(20-23(2)46-22)32(41)18-36-17-30(36)29-16-26(45-5)12-14-27(29)34-33(24-9-7-6-8-10-24)28-13-11-25(15-31(28)40(34)21-36)35(42)37-47(43,44)38(3)4/h11-16,22-24,30H,6-10,17-21H2,1-5H3,(H,37,42)/t22-,23+,30?,36?. The van der Waals surface area contributed by atoms with Gasteiger partial charge in [-0.15, -0.1) is 0 Å². The third kappa shape index (κ3) is 5.74. The summed E-state index contributed by atoms with van der Waals surface area (Å²) in [5.74, 6) is 0.851. The van der Waals surface area contributed by atoms with Gasteiger partial charge in [-0.1, -0.05) is 25.3 Å². The summed E-state index contributed by atoms with van der Waals surface area (Å²) in [5, 5.41) is 1.09. The fraction of sp³-hybridized carbons (Fsp3) is 0.556. The molecule has 2 unspecified atom stereocenters. The number of morpholine rings is 1. The van der Waals surface area contributed by atoms with Crippen LogP contribution >= 0.6 is 0 Å². The molecule has 2 aliphatic heterocycles. The second-order valence-corrected chi connectivity index (χ2v) is 16.3. The van der Waals surface area contributed by atoms with Crippen molar-refractivity contribution in [1.29, 1.82) is 0 Å². The van der Waals surface area contributed by atoms with Gasteiger partial charge in [0.1, 0.15) is 5.75 Å². The van der Waals surface area contributed by atoms with E-state index in [0.717, 1.165) is 51.5 Å². The molecule has 3 fully saturated rings. The number of aromatic nitrogens is 1. The predicted molar refractivity (Wildman–Crippen MR) is 181 cm³/mol. The molecular weight excluding hydrogens is 616 g/mol. The molecule has 0 spiro atoms. The molecule has 1 saturated heterocycles. The van der Waals surface area contributed by atoms with E-state index < -0.39 is 16.1 Å². The number of amides is 2. The second-order valence-electron chi connectivity index (χ2n) is 14.4. The maximum Gasteiger partial charge on any atom is 0.303 e. The van der Waals surface area contributed by atoms with E-state index >= 15 is 0 Å². The average Bonchev–Trinajstić information content (AvgIpc) is 3.67. The highest BCUT2D eigenvalue weighted by atomic mass is 32.2. The quantitative estimate of drug-likeness (QED) is 0.362. The Morgan fingerprint density at radius 3 is 2.45 bits per heavy atom. The molecule has 0 radical (unpaired) electrons. The normalized spacial score (nSPS) is 25.9. The molecule has 252 valence electrons. The van der Waals surface area contributed by atoms with Gasteiger partial charge in [0.15, 0.2) is 0 Å². The molecule has 11 heteroatoms. The van der Waals surface area contributed by atoms with Crippen LogP contribution < -0.4 is 9.46 Å². The Bertz CT molecular complexity index is 1840. The monoisotopic (exact) mass is 662 g/mol. The fourth-order valence-electron chi connectivity index (χ4n) is 8.54. The highest BCUT2D eigenvalue weighted by molar-refractivity contribution is 7.87. The Kier molecular flexibility index (Phi) is 8.16. The number of ether oxygens (including phenoxy) is 2. The maximum atomic E-state index is 14.0. The highest BCUT2D eigenvalue weighted by Gasteiger charge is 2.59. The first-order chi connectivity index (χ1) is 22.4. The molecule has 1 aromatic heterocycles. The number of carbonyl (C=O) groups excluding carboxylic acids is 2. The van der Waals surface area contributed by atoms with Gasteiger partial charge in [-0.05, 0) is 86.4 Å². The molecule has 3 heterocycles. The van der Waals surface area contributed by atoms with Crippen LogP contribution in [0.4, 0.5) is 0 Å². The minimum Gasteiger partial charge on any atom is -0.497 e.